The molecule has 20 heavy (non-hydrogen) atoms. The summed E-state index contributed by atoms with van der Waals surface area (Å²) in [6, 6.07) is 5.74. The van der Waals surface area contributed by atoms with Gasteiger partial charge in [-0.15, -0.1) is 0 Å². The Labute approximate surface area is 124 Å². The second kappa shape index (κ2) is 5.63. The maximum absolute atomic E-state index is 13.7. The lowest BCUT2D eigenvalue weighted by atomic mass is 9.84. The molecule has 3 rings (SSSR count). The van der Waals surface area contributed by atoms with E-state index in [4.69, 9.17) is 11.6 Å². The van der Waals surface area contributed by atoms with Crippen LogP contribution in [0.15, 0.2) is 18.2 Å². The predicted molar refractivity (Wildman–Crippen MR) is 78.4 cm³/mol. The van der Waals surface area contributed by atoms with Gasteiger partial charge in [0, 0.05) is 23.5 Å². The zero-order valence-corrected chi connectivity index (χ0v) is 12.5. The van der Waals surface area contributed by atoms with Crippen molar-refractivity contribution in [2.24, 2.45) is 5.92 Å². The van der Waals surface area contributed by atoms with E-state index >= 15 is 0 Å². The van der Waals surface area contributed by atoms with Gasteiger partial charge in [0.25, 0.3) is 0 Å². The first-order valence-corrected chi connectivity index (χ1v) is 7.76. The third-order valence-corrected chi connectivity index (χ3v) is 5.35. The molecule has 4 heteroatoms. The van der Waals surface area contributed by atoms with Gasteiger partial charge in [0.05, 0.1) is 6.10 Å². The summed E-state index contributed by atoms with van der Waals surface area (Å²) in [7, 11) is 2.18. The molecule has 2 nitrogen and oxygen atoms in total. The zero-order chi connectivity index (χ0) is 14.3. The van der Waals surface area contributed by atoms with Crippen LogP contribution in [0.4, 0.5) is 4.39 Å². The van der Waals surface area contributed by atoms with E-state index in [1.807, 2.05) is 0 Å². The van der Waals surface area contributed by atoms with Gasteiger partial charge in [0.1, 0.15) is 5.82 Å². The lowest BCUT2D eigenvalue weighted by Crippen LogP contribution is -2.43. The van der Waals surface area contributed by atoms with E-state index in [1.165, 1.54) is 18.9 Å². The molecule has 2 aliphatic heterocycles. The Kier molecular flexibility index (Phi) is 4.02. The van der Waals surface area contributed by atoms with Crippen LogP contribution in [0.5, 0.6) is 0 Å². The first kappa shape index (κ1) is 14.3. The number of rotatable bonds is 3. The summed E-state index contributed by atoms with van der Waals surface area (Å²) in [6.45, 7) is 0. The molecule has 2 aliphatic rings. The Bertz CT molecular complexity index is 481. The topological polar surface area (TPSA) is 23.5 Å². The summed E-state index contributed by atoms with van der Waals surface area (Å²) in [6.07, 6.45) is 4.40. The summed E-state index contributed by atoms with van der Waals surface area (Å²) in [5.74, 6) is 0.00595. The van der Waals surface area contributed by atoms with E-state index < -0.39 is 6.10 Å². The Hall–Kier alpha value is -0.640. The van der Waals surface area contributed by atoms with Crippen molar-refractivity contribution in [1.82, 2.24) is 4.90 Å². The number of benzene rings is 1. The van der Waals surface area contributed by atoms with Crippen molar-refractivity contribution >= 4 is 11.6 Å². The fraction of sp³-hybridized carbons (Fsp3) is 0.625. The van der Waals surface area contributed by atoms with E-state index in [0.717, 1.165) is 12.8 Å². The molecule has 0 spiro atoms. The number of aliphatic hydroxyl groups is 1. The van der Waals surface area contributed by atoms with Crippen molar-refractivity contribution in [1.29, 1.82) is 0 Å². The maximum atomic E-state index is 13.7. The van der Waals surface area contributed by atoms with Crippen molar-refractivity contribution in [3.63, 3.8) is 0 Å². The molecule has 2 saturated heterocycles. The molecule has 3 unspecified atom stereocenters. The number of piperidine rings is 1. The summed E-state index contributed by atoms with van der Waals surface area (Å²) in [4.78, 5) is 2.45. The fourth-order valence-corrected chi connectivity index (χ4v) is 4.05. The minimum Gasteiger partial charge on any atom is -0.392 e. The molecular weight excluding hydrogens is 277 g/mol. The lowest BCUT2D eigenvalue weighted by molar-refractivity contribution is 0.0363. The average molecular weight is 298 g/mol. The predicted octanol–water partition coefficient (Wildman–Crippen LogP) is 3.26. The minimum atomic E-state index is -0.472. The number of halogens is 2. The molecule has 0 aliphatic carbocycles. The average Bonchev–Trinajstić information content (AvgIpc) is 2.65. The summed E-state index contributed by atoms with van der Waals surface area (Å²) >= 11 is 5.91. The Morgan fingerprint density at radius 1 is 1.35 bits per heavy atom. The molecule has 1 aromatic carbocycles. The monoisotopic (exact) mass is 297 g/mol. The number of hydrogen-bond donors (Lipinski definition) is 1. The van der Waals surface area contributed by atoms with Gasteiger partial charge >= 0.3 is 0 Å². The van der Waals surface area contributed by atoms with Crippen molar-refractivity contribution in [2.75, 3.05) is 7.05 Å². The van der Waals surface area contributed by atoms with Crippen LogP contribution in [-0.4, -0.2) is 35.2 Å². The second-order valence-electron chi connectivity index (χ2n) is 6.29. The van der Waals surface area contributed by atoms with Crippen molar-refractivity contribution in [3.8, 4) is 0 Å². The van der Waals surface area contributed by atoms with Crippen molar-refractivity contribution < 1.29 is 9.50 Å². The van der Waals surface area contributed by atoms with Crippen LogP contribution >= 0.6 is 11.6 Å². The molecule has 2 heterocycles. The third kappa shape index (κ3) is 2.72. The smallest absolute Gasteiger partial charge is 0.126 e. The zero-order valence-electron chi connectivity index (χ0n) is 11.7. The quantitative estimate of drug-likeness (QED) is 0.926. The largest absolute Gasteiger partial charge is 0.392 e. The maximum Gasteiger partial charge on any atom is 0.126 e. The van der Waals surface area contributed by atoms with Crippen LogP contribution in [0.25, 0.3) is 0 Å². The van der Waals surface area contributed by atoms with Gasteiger partial charge in [0.15, 0.2) is 0 Å². The van der Waals surface area contributed by atoms with Gasteiger partial charge in [-0.2, -0.15) is 0 Å². The first-order chi connectivity index (χ1) is 9.54. The van der Waals surface area contributed by atoms with Crippen LogP contribution in [-0.2, 0) is 6.42 Å². The van der Waals surface area contributed by atoms with Gasteiger partial charge in [0.2, 0.25) is 0 Å². The van der Waals surface area contributed by atoms with E-state index in [0.29, 0.717) is 29.1 Å². The highest BCUT2D eigenvalue weighted by Gasteiger charge is 2.40. The molecular formula is C16H21ClFNO. The second-order valence-corrected chi connectivity index (χ2v) is 6.73. The normalized spacial score (nSPS) is 31.5. The highest BCUT2D eigenvalue weighted by Crippen LogP contribution is 2.39. The van der Waals surface area contributed by atoms with Gasteiger partial charge in [-0.3, -0.25) is 0 Å². The molecule has 0 aromatic heterocycles. The molecule has 0 saturated carbocycles. The Morgan fingerprint density at radius 3 is 2.65 bits per heavy atom. The lowest BCUT2D eigenvalue weighted by Gasteiger charge is -2.38. The standard InChI is InChI=1S/C16H21ClFNO/c1-19-13-3-4-14(19)8-11(7-13)16(20)9-10-6-12(17)2-5-15(10)18/h2,5-6,11,13-14,16,20H,3-4,7-9H2,1H3. The van der Waals surface area contributed by atoms with E-state index in [9.17, 15) is 9.50 Å². The van der Waals surface area contributed by atoms with Gasteiger partial charge in [-0.05, 0) is 62.4 Å². The highest BCUT2D eigenvalue weighted by atomic mass is 35.5. The third-order valence-electron chi connectivity index (χ3n) is 5.12. The Balaban J connectivity index is 1.68. The van der Waals surface area contributed by atoms with Gasteiger partial charge < -0.3 is 10.0 Å². The van der Waals surface area contributed by atoms with Crippen LogP contribution in [0.3, 0.4) is 0 Å². The molecule has 0 amide bonds. The minimum absolute atomic E-state index is 0.274. The number of hydrogen-bond acceptors (Lipinski definition) is 2. The SMILES string of the molecule is CN1C2CCC1CC(C(O)Cc1cc(Cl)ccc1F)C2. The van der Waals surface area contributed by atoms with Crippen LogP contribution in [0.1, 0.15) is 31.2 Å². The van der Waals surface area contributed by atoms with Crippen LogP contribution in [0.2, 0.25) is 5.02 Å². The fourth-order valence-electron chi connectivity index (χ4n) is 3.86. The number of nitrogens with zero attached hydrogens (tertiary/aromatic N) is 1. The van der Waals surface area contributed by atoms with E-state index in [-0.39, 0.29) is 11.7 Å². The molecule has 0 radical (unpaired) electrons. The highest BCUT2D eigenvalue weighted by molar-refractivity contribution is 6.30. The van der Waals surface area contributed by atoms with Gasteiger partial charge in [-0.25, -0.2) is 4.39 Å². The Morgan fingerprint density at radius 2 is 2.00 bits per heavy atom. The summed E-state index contributed by atoms with van der Waals surface area (Å²) in [5, 5.41) is 11.0. The molecule has 110 valence electrons. The number of aliphatic hydroxyl groups excluding tert-OH is 1. The molecule has 2 fully saturated rings. The summed E-state index contributed by atoms with van der Waals surface area (Å²) in [5.41, 5.74) is 0.524. The first-order valence-electron chi connectivity index (χ1n) is 7.38. The van der Waals surface area contributed by atoms with E-state index in [1.54, 1.807) is 12.1 Å². The molecule has 3 atom stereocenters. The molecule has 2 bridgehead atoms. The van der Waals surface area contributed by atoms with Crippen LogP contribution in [0, 0.1) is 11.7 Å². The molecule has 1 N–H and O–H groups in total. The summed E-state index contributed by atoms with van der Waals surface area (Å²) < 4.78 is 13.7. The number of fused-ring (bicyclic) bond motifs is 2. The van der Waals surface area contributed by atoms with E-state index in [2.05, 4.69) is 11.9 Å². The van der Waals surface area contributed by atoms with Gasteiger partial charge in [-0.1, -0.05) is 11.6 Å². The van der Waals surface area contributed by atoms with Crippen molar-refractivity contribution in [3.05, 3.63) is 34.6 Å². The molecule has 1 aromatic rings. The van der Waals surface area contributed by atoms with Crippen LogP contribution < -0.4 is 0 Å². The van der Waals surface area contributed by atoms with Crippen molar-refractivity contribution in [2.45, 2.75) is 50.3 Å².